The number of ether oxygens (including phenoxy) is 1. The molecule has 0 fully saturated rings. The number of nitrogens with zero attached hydrogens (tertiary/aromatic N) is 2. The van der Waals surface area contributed by atoms with E-state index in [-0.39, 0.29) is 0 Å². The molecule has 0 unspecified atom stereocenters. The highest BCUT2D eigenvalue weighted by Gasteiger charge is 2.29. The van der Waals surface area contributed by atoms with Gasteiger partial charge in [0.1, 0.15) is 0 Å². The van der Waals surface area contributed by atoms with Gasteiger partial charge in [-0.1, -0.05) is 0 Å². The molecule has 3 heterocycles. The third kappa shape index (κ3) is 3.03. The minimum absolute atomic E-state index is 0.431. The summed E-state index contributed by atoms with van der Waals surface area (Å²) < 4.78 is 54.3. The van der Waals surface area contributed by atoms with Crippen LogP contribution >= 0.6 is 0 Å². The summed E-state index contributed by atoms with van der Waals surface area (Å²) in [6.07, 6.45) is 3.61. The minimum Gasteiger partial charge on any atom is -0.466 e. The van der Waals surface area contributed by atoms with Crippen molar-refractivity contribution < 1.29 is 22.3 Å². The van der Waals surface area contributed by atoms with Crippen molar-refractivity contribution in [2.24, 2.45) is 0 Å². The van der Waals surface area contributed by atoms with Crippen molar-refractivity contribution in [3.8, 4) is 5.88 Å². The van der Waals surface area contributed by atoms with Crippen LogP contribution in [0.2, 0.25) is 0 Å². The predicted octanol–water partition coefficient (Wildman–Crippen LogP) is 2.24. The van der Waals surface area contributed by atoms with Gasteiger partial charge in [0.2, 0.25) is 0 Å². The molecule has 3 rings (SSSR count). The Morgan fingerprint density at radius 3 is 2.86 bits per heavy atom. The molecule has 0 saturated heterocycles. The summed E-state index contributed by atoms with van der Waals surface area (Å²) in [5.41, 5.74) is 7.52. The zero-order valence-electron chi connectivity index (χ0n) is 11.0. The molecule has 22 heavy (non-hydrogen) atoms. The maximum Gasteiger partial charge on any atom is 0.422 e. The van der Waals surface area contributed by atoms with E-state index in [9.17, 15) is 17.6 Å². The number of hydrogen-bond acceptors (Lipinski definition) is 5. The van der Waals surface area contributed by atoms with Crippen LogP contribution in [0.15, 0.2) is 42.5 Å². The van der Waals surface area contributed by atoms with Crippen LogP contribution in [0.25, 0.3) is 5.57 Å². The fraction of sp³-hybridized carbons (Fsp3) is 0.154. The molecule has 2 N–H and O–H groups in total. The standard InChI is InChI=1S/C13H10F4N4O/c14-11-4-9(5-18-12(11)22-7-13(15,16)17)8-1-2-21-10(3-8)6-19-20-21/h1-6,19-20H,7H2. The van der Waals surface area contributed by atoms with Gasteiger partial charge in [-0.15, -0.1) is 5.53 Å². The van der Waals surface area contributed by atoms with E-state index in [1.54, 1.807) is 29.6 Å². The first kappa shape index (κ1) is 14.4. The molecule has 1 aromatic heterocycles. The highest BCUT2D eigenvalue weighted by Crippen LogP contribution is 2.27. The van der Waals surface area contributed by atoms with E-state index < -0.39 is 24.5 Å². The van der Waals surface area contributed by atoms with Gasteiger partial charge in [-0.2, -0.15) is 13.2 Å². The van der Waals surface area contributed by atoms with E-state index in [0.29, 0.717) is 11.1 Å². The van der Waals surface area contributed by atoms with Crippen molar-refractivity contribution in [3.63, 3.8) is 0 Å². The minimum atomic E-state index is -4.54. The second kappa shape index (κ2) is 5.34. The summed E-state index contributed by atoms with van der Waals surface area (Å²) in [5.74, 6) is -1.62. The van der Waals surface area contributed by atoms with Crippen LogP contribution in [0.1, 0.15) is 5.56 Å². The fourth-order valence-corrected chi connectivity index (χ4v) is 1.93. The van der Waals surface area contributed by atoms with Gasteiger partial charge in [0.25, 0.3) is 5.88 Å². The van der Waals surface area contributed by atoms with Crippen molar-refractivity contribution in [3.05, 3.63) is 53.9 Å². The number of alkyl halides is 3. The summed E-state index contributed by atoms with van der Waals surface area (Å²) in [7, 11) is 0. The number of allylic oxidation sites excluding steroid dienone is 3. The largest absolute Gasteiger partial charge is 0.466 e. The molecule has 2 aliphatic rings. The van der Waals surface area contributed by atoms with Gasteiger partial charge in [0.15, 0.2) is 12.4 Å². The highest BCUT2D eigenvalue weighted by atomic mass is 19.4. The first-order valence-electron chi connectivity index (χ1n) is 6.18. The Bertz CT molecular complexity index is 681. The van der Waals surface area contributed by atoms with Crippen LogP contribution in [-0.4, -0.2) is 22.8 Å². The summed E-state index contributed by atoms with van der Waals surface area (Å²) in [6, 6.07) is 1.08. The second-order valence-corrected chi connectivity index (χ2v) is 4.53. The van der Waals surface area contributed by atoms with Gasteiger partial charge < -0.3 is 10.2 Å². The molecule has 0 spiro atoms. The van der Waals surface area contributed by atoms with Gasteiger partial charge >= 0.3 is 6.18 Å². The molecule has 0 bridgehead atoms. The number of hydrazine groups is 2. The van der Waals surface area contributed by atoms with Gasteiger partial charge in [-0.3, -0.25) is 5.01 Å². The summed E-state index contributed by atoms with van der Waals surface area (Å²) in [4.78, 5) is 3.61. The smallest absolute Gasteiger partial charge is 0.422 e. The van der Waals surface area contributed by atoms with Crippen molar-refractivity contribution in [2.75, 3.05) is 6.61 Å². The second-order valence-electron chi connectivity index (χ2n) is 4.53. The molecular weight excluding hydrogens is 304 g/mol. The van der Waals surface area contributed by atoms with E-state index >= 15 is 0 Å². The molecule has 0 aromatic carbocycles. The van der Waals surface area contributed by atoms with Gasteiger partial charge in [-0.05, 0) is 23.8 Å². The molecule has 2 aliphatic heterocycles. The molecule has 9 heteroatoms. The maximum atomic E-state index is 13.8. The van der Waals surface area contributed by atoms with Crippen LogP contribution in [0.3, 0.4) is 0 Å². The first-order valence-corrected chi connectivity index (χ1v) is 6.18. The third-order valence-electron chi connectivity index (χ3n) is 2.90. The zero-order chi connectivity index (χ0) is 15.7. The van der Waals surface area contributed by atoms with E-state index in [1.807, 2.05) is 0 Å². The number of halogens is 4. The summed E-state index contributed by atoms with van der Waals surface area (Å²) in [5, 5.41) is 1.70. The summed E-state index contributed by atoms with van der Waals surface area (Å²) >= 11 is 0. The maximum absolute atomic E-state index is 13.8. The number of nitrogens with one attached hydrogen (secondary N) is 2. The average Bonchev–Trinajstić information content (AvgIpc) is 2.92. The number of aromatic nitrogens is 1. The Hall–Kier alpha value is -2.55. The van der Waals surface area contributed by atoms with Crippen LogP contribution in [0.4, 0.5) is 17.6 Å². The van der Waals surface area contributed by atoms with Crippen LogP contribution < -0.4 is 15.7 Å². The fourth-order valence-electron chi connectivity index (χ4n) is 1.93. The van der Waals surface area contributed by atoms with Gasteiger partial charge in [-0.25, -0.2) is 9.37 Å². The van der Waals surface area contributed by atoms with E-state index in [4.69, 9.17) is 0 Å². The topological polar surface area (TPSA) is 49.4 Å². The monoisotopic (exact) mass is 314 g/mol. The van der Waals surface area contributed by atoms with E-state index in [0.717, 1.165) is 11.8 Å². The Balaban J connectivity index is 1.79. The Morgan fingerprint density at radius 1 is 1.32 bits per heavy atom. The van der Waals surface area contributed by atoms with Crippen molar-refractivity contribution in [1.82, 2.24) is 21.0 Å². The lowest BCUT2D eigenvalue weighted by atomic mass is 10.0. The Morgan fingerprint density at radius 2 is 2.14 bits per heavy atom. The van der Waals surface area contributed by atoms with Gasteiger partial charge in [0, 0.05) is 24.2 Å². The predicted molar refractivity (Wildman–Crippen MR) is 69.1 cm³/mol. The van der Waals surface area contributed by atoms with Crippen LogP contribution in [0, 0.1) is 5.82 Å². The van der Waals surface area contributed by atoms with Crippen LogP contribution in [0.5, 0.6) is 5.88 Å². The van der Waals surface area contributed by atoms with Crippen LogP contribution in [-0.2, 0) is 0 Å². The number of pyridine rings is 1. The molecule has 1 aromatic rings. The number of rotatable bonds is 3. The summed E-state index contributed by atoms with van der Waals surface area (Å²) in [6.45, 7) is -1.59. The molecular formula is C13H10F4N4O. The molecule has 0 atom stereocenters. The highest BCUT2D eigenvalue weighted by molar-refractivity contribution is 5.77. The zero-order valence-corrected chi connectivity index (χ0v) is 11.0. The molecule has 0 aliphatic carbocycles. The first-order chi connectivity index (χ1) is 10.4. The Kier molecular flexibility index (Phi) is 3.49. The Labute approximate surface area is 122 Å². The van der Waals surface area contributed by atoms with Crippen molar-refractivity contribution in [1.29, 1.82) is 0 Å². The molecule has 0 radical (unpaired) electrons. The lowest BCUT2D eigenvalue weighted by molar-refractivity contribution is -0.154. The number of fused-ring (bicyclic) bond motifs is 1. The molecule has 0 amide bonds. The normalized spacial score (nSPS) is 16.8. The number of hydrogen-bond donors (Lipinski definition) is 2. The lowest BCUT2D eigenvalue weighted by Gasteiger charge is -2.19. The van der Waals surface area contributed by atoms with Gasteiger partial charge in [0.05, 0.1) is 5.70 Å². The lowest BCUT2D eigenvalue weighted by Crippen LogP contribution is -2.33. The third-order valence-corrected chi connectivity index (χ3v) is 2.90. The van der Waals surface area contributed by atoms with E-state index in [1.165, 1.54) is 6.20 Å². The molecule has 5 nitrogen and oxygen atoms in total. The van der Waals surface area contributed by atoms with Crippen molar-refractivity contribution in [2.45, 2.75) is 6.18 Å². The molecule has 116 valence electrons. The average molecular weight is 314 g/mol. The van der Waals surface area contributed by atoms with E-state index in [2.05, 4.69) is 20.7 Å². The quantitative estimate of drug-likeness (QED) is 0.838. The van der Waals surface area contributed by atoms with Crippen molar-refractivity contribution >= 4 is 5.57 Å². The SMILES string of the molecule is Fc1cc(C2=CC3=CNNN3C=C2)cnc1OCC(F)(F)F. The molecule has 0 saturated carbocycles.